The second kappa shape index (κ2) is 9.33. The summed E-state index contributed by atoms with van der Waals surface area (Å²) in [6, 6.07) is 10.9. The van der Waals surface area contributed by atoms with E-state index in [-0.39, 0.29) is 12.4 Å². The van der Waals surface area contributed by atoms with Gasteiger partial charge < -0.3 is 20.2 Å². The first-order valence-electron chi connectivity index (χ1n) is 7.84. The highest BCUT2D eigenvalue weighted by Crippen LogP contribution is 2.16. The molecule has 0 saturated carbocycles. The van der Waals surface area contributed by atoms with Gasteiger partial charge in [0, 0.05) is 37.8 Å². The summed E-state index contributed by atoms with van der Waals surface area (Å²) in [5.41, 5.74) is 0.613. The first-order valence-corrected chi connectivity index (χ1v) is 7.84. The number of aromatic nitrogens is 2. The summed E-state index contributed by atoms with van der Waals surface area (Å²) in [5, 5.41) is 9.71. The summed E-state index contributed by atoms with van der Waals surface area (Å²) in [4.78, 5) is 33.5. The van der Waals surface area contributed by atoms with Crippen LogP contribution in [0.25, 0.3) is 0 Å². The number of hydrogen-bond donors (Lipinski definition) is 2. The van der Waals surface area contributed by atoms with Gasteiger partial charge in [-0.1, -0.05) is 18.2 Å². The molecule has 0 radical (unpaired) electrons. The van der Waals surface area contributed by atoms with Crippen molar-refractivity contribution in [2.24, 2.45) is 0 Å². The Balaban J connectivity index is 0.000000701. The van der Waals surface area contributed by atoms with Crippen molar-refractivity contribution in [3.63, 3.8) is 0 Å². The first-order chi connectivity index (χ1) is 12.1. The molecule has 0 atom stereocenters. The van der Waals surface area contributed by atoms with E-state index in [1.807, 2.05) is 24.3 Å². The number of rotatable bonds is 3. The van der Waals surface area contributed by atoms with E-state index in [0.717, 1.165) is 32.0 Å². The quantitative estimate of drug-likeness (QED) is 0.808. The van der Waals surface area contributed by atoms with Crippen molar-refractivity contribution in [2.45, 2.75) is 0 Å². The van der Waals surface area contributed by atoms with Gasteiger partial charge in [0.1, 0.15) is 18.0 Å². The van der Waals surface area contributed by atoms with Crippen LogP contribution in [0, 0.1) is 0 Å². The third-order valence-corrected chi connectivity index (χ3v) is 3.76. The summed E-state index contributed by atoms with van der Waals surface area (Å²) in [6.07, 6.45) is 1.49. The van der Waals surface area contributed by atoms with Crippen molar-refractivity contribution in [1.29, 1.82) is 0 Å². The van der Waals surface area contributed by atoms with Gasteiger partial charge in [-0.3, -0.25) is 9.59 Å². The SMILES string of the molecule is CN1CCN(c2cc(NC(=O)c3ccccc3)ncn2)CC1.O=CO. The van der Waals surface area contributed by atoms with Crippen LogP contribution in [0.3, 0.4) is 0 Å². The van der Waals surface area contributed by atoms with Crippen LogP contribution in [0.1, 0.15) is 10.4 Å². The summed E-state index contributed by atoms with van der Waals surface area (Å²) >= 11 is 0. The minimum Gasteiger partial charge on any atom is -0.483 e. The van der Waals surface area contributed by atoms with Crippen molar-refractivity contribution in [3.05, 3.63) is 48.3 Å². The van der Waals surface area contributed by atoms with Gasteiger partial charge in [-0.05, 0) is 19.2 Å². The minimum absolute atomic E-state index is 0.163. The zero-order chi connectivity index (χ0) is 18.1. The number of amides is 1. The average Bonchev–Trinajstić information content (AvgIpc) is 2.64. The van der Waals surface area contributed by atoms with Gasteiger partial charge in [0.15, 0.2) is 0 Å². The van der Waals surface area contributed by atoms with E-state index >= 15 is 0 Å². The first kappa shape index (κ1) is 18.3. The molecule has 1 saturated heterocycles. The van der Waals surface area contributed by atoms with E-state index < -0.39 is 0 Å². The number of carbonyl (C=O) groups excluding carboxylic acids is 1. The van der Waals surface area contributed by atoms with Gasteiger partial charge >= 0.3 is 0 Å². The lowest BCUT2D eigenvalue weighted by Crippen LogP contribution is -2.44. The number of piperazine rings is 1. The van der Waals surface area contributed by atoms with Crippen LogP contribution in [0.15, 0.2) is 42.7 Å². The second-order valence-corrected chi connectivity index (χ2v) is 5.48. The standard InChI is InChI=1S/C16H19N5O.CH2O2/c1-20-7-9-21(10-8-20)15-11-14(17-12-18-15)19-16(22)13-5-3-2-4-6-13;2-1-3/h2-6,11-12H,7-10H2,1H3,(H,17,18,19,22);1H,(H,2,3). The number of nitrogens with one attached hydrogen (secondary N) is 1. The zero-order valence-corrected chi connectivity index (χ0v) is 14.0. The molecule has 132 valence electrons. The Morgan fingerprint density at radius 1 is 1.16 bits per heavy atom. The molecule has 1 aliphatic heterocycles. The molecule has 2 aromatic rings. The minimum atomic E-state index is -0.250. The summed E-state index contributed by atoms with van der Waals surface area (Å²) in [6.45, 7) is 3.63. The molecule has 0 aliphatic carbocycles. The maximum absolute atomic E-state index is 12.2. The van der Waals surface area contributed by atoms with Crippen LogP contribution in [0.2, 0.25) is 0 Å². The van der Waals surface area contributed by atoms with Crippen molar-refractivity contribution in [2.75, 3.05) is 43.4 Å². The maximum Gasteiger partial charge on any atom is 0.290 e. The molecule has 0 bridgehead atoms. The van der Waals surface area contributed by atoms with E-state index in [0.29, 0.717) is 11.4 Å². The van der Waals surface area contributed by atoms with Gasteiger partial charge in [-0.15, -0.1) is 0 Å². The molecule has 1 aromatic heterocycles. The normalized spacial score (nSPS) is 14.2. The summed E-state index contributed by atoms with van der Waals surface area (Å²) < 4.78 is 0. The summed E-state index contributed by atoms with van der Waals surface area (Å²) in [5.74, 6) is 1.22. The smallest absolute Gasteiger partial charge is 0.290 e. The van der Waals surface area contributed by atoms with Gasteiger partial charge in [-0.25, -0.2) is 9.97 Å². The fourth-order valence-electron chi connectivity index (χ4n) is 2.40. The third kappa shape index (κ3) is 5.54. The number of likely N-dealkylation sites (N-methyl/N-ethyl adjacent to an activating group) is 1. The Labute approximate surface area is 146 Å². The van der Waals surface area contributed by atoms with E-state index in [1.54, 1.807) is 12.1 Å². The lowest BCUT2D eigenvalue weighted by atomic mass is 10.2. The van der Waals surface area contributed by atoms with Crippen molar-refractivity contribution < 1.29 is 14.7 Å². The van der Waals surface area contributed by atoms with Gasteiger partial charge in [-0.2, -0.15) is 0 Å². The third-order valence-electron chi connectivity index (χ3n) is 3.76. The molecule has 8 nitrogen and oxygen atoms in total. The number of nitrogens with zero attached hydrogens (tertiary/aromatic N) is 4. The molecule has 25 heavy (non-hydrogen) atoms. The van der Waals surface area contributed by atoms with Crippen molar-refractivity contribution in [3.8, 4) is 0 Å². The van der Waals surface area contributed by atoms with Gasteiger partial charge in [0.05, 0.1) is 0 Å². The van der Waals surface area contributed by atoms with Gasteiger partial charge in [0.2, 0.25) is 0 Å². The highest BCUT2D eigenvalue weighted by molar-refractivity contribution is 6.03. The monoisotopic (exact) mass is 343 g/mol. The predicted molar refractivity (Wildman–Crippen MR) is 94.8 cm³/mol. The van der Waals surface area contributed by atoms with Crippen LogP contribution in [-0.4, -0.2) is 65.6 Å². The summed E-state index contributed by atoms with van der Waals surface area (Å²) in [7, 11) is 2.11. The topological polar surface area (TPSA) is 98.7 Å². The molecule has 8 heteroatoms. The molecule has 2 N–H and O–H groups in total. The molecule has 1 aromatic carbocycles. The fraction of sp³-hybridized carbons (Fsp3) is 0.294. The van der Waals surface area contributed by atoms with Crippen LogP contribution < -0.4 is 10.2 Å². The lowest BCUT2D eigenvalue weighted by molar-refractivity contribution is -0.122. The van der Waals surface area contributed by atoms with E-state index in [9.17, 15) is 4.79 Å². The Hall–Kier alpha value is -3.00. The molecular weight excluding hydrogens is 322 g/mol. The highest BCUT2D eigenvalue weighted by atomic mass is 16.3. The lowest BCUT2D eigenvalue weighted by Gasteiger charge is -2.33. The maximum atomic E-state index is 12.2. The molecule has 1 aliphatic rings. The fourth-order valence-corrected chi connectivity index (χ4v) is 2.40. The van der Waals surface area contributed by atoms with E-state index in [4.69, 9.17) is 9.90 Å². The molecule has 3 rings (SSSR count). The van der Waals surface area contributed by atoms with Crippen LogP contribution in [0.4, 0.5) is 11.6 Å². The van der Waals surface area contributed by atoms with Crippen LogP contribution >= 0.6 is 0 Å². The second-order valence-electron chi connectivity index (χ2n) is 5.48. The molecule has 1 amide bonds. The number of hydrogen-bond acceptors (Lipinski definition) is 6. The average molecular weight is 343 g/mol. The molecule has 0 unspecified atom stereocenters. The Morgan fingerprint density at radius 3 is 2.44 bits per heavy atom. The zero-order valence-electron chi connectivity index (χ0n) is 14.0. The van der Waals surface area contributed by atoms with E-state index in [1.165, 1.54) is 6.33 Å². The van der Waals surface area contributed by atoms with Crippen LogP contribution in [-0.2, 0) is 4.79 Å². The largest absolute Gasteiger partial charge is 0.483 e. The number of anilines is 2. The molecule has 2 heterocycles. The van der Waals surface area contributed by atoms with Crippen molar-refractivity contribution >= 4 is 24.0 Å². The molecule has 1 fully saturated rings. The number of carboxylic acid groups (broad SMARTS) is 1. The van der Waals surface area contributed by atoms with E-state index in [2.05, 4.69) is 32.1 Å². The number of carbonyl (C=O) groups is 2. The number of benzene rings is 1. The van der Waals surface area contributed by atoms with Gasteiger partial charge in [0.25, 0.3) is 12.4 Å². The Bertz CT molecular complexity index is 688. The Morgan fingerprint density at radius 2 is 1.80 bits per heavy atom. The van der Waals surface area contributed by atoms with Crippen LogP contribution in [0.5, 0.6) is 0 Å². The Kier molecular flexibility index (Phi) is 6.85. The predicted octanol–water partition coefficient (Wildman–Crippen LogP) is 1.18. The molecule has 0 spiro atoms. The van der Waals surface area contributed by atoms with Crippen molar-refractivity contribution in [1.82, 2.24) is 14.9 Å². The highest BCUT2D eigenvalue weighted by Gasteiger charge is 2.16. The molecular formula is C17H21N5O3.